The van der Waals surface area contributed by atoms with Crippen molar-refractivity contribution in [1.82, 2.24) is 4.90 Å². The third-order valence-electron chi connectivity index (χ3n) is 4.68. The summed E-state index contributed by atoms with van der Waals surface area (Å²) in [5.74, 6) is -0.527. The van der Waals surface area contributed by atoms with Crippen LogP contribution in [0.1, 0.15) is 22.3 Å². The second-order valence-electron chi connectivity index (χ2n) is 6.45. The van der Waals surface area contributed by atoms with Gasteiger partial charge in [0.05, 0.1) is 0 Å². The van der Waals surface area contributed by atoms with E-state index in [1.54, 1.807) is 0 Å². The maximum Gasteiger partial charge on any atom is 0.277 e. The van der Waals surface area contributed by atoms with Gasteiger partial charge in [0.15, 0.2) is 0 Å². The Bertz CT molecular complexity index is 830. The second-order valence-corrected chi connectivity index (χ2v) is 6.45. The lowest BCUT2D eigenvalue weighted by atomic mass is 10.0. The number of amides is 2. The van der Waals surface area contributed by atoms with Gasteiger partial charge < -0.3 is 5.32 Å². The average Bonchev–Trinajstić information content (AvgIpc) is 2.85. The minimum atomic E-state index is -0.267. The number of nitrogens with zero attached hydrogens (tertiary/aromatic N) is 1. The Hall–Kier alpha value is -2.88. The summed E-state index contributed by atoms with van der Waals surface area (Å²) in [5, 5.41) is 3.11. The lowest BCUT2D eigenvalue weighted by Gasteiger charge is -2.16. The van der Waals surface area contributed by atoms with Crippen molar-refractivity contribution in [2.75, 3.05) is 11.9 Å². The van der Waals surface area contributed by atoms with Crippen LogP contribution in [0.2, 0.25) is 0 Å². The fourth-order valence-corrected chi connectivity index (χ4v) is 2.96. The maximum absolute atomic E-state index is 12.6. The zero-order valence-electron chi connectivity index (χ0n) is 14.8. The molecule has 0 spiro atoms. The van der Waals surface area contributed by atoms with Crippen LogP contribution in [0.4, 0.5) is 5.69 Å². The summed E-state index contributed by atoms with van der Waals surface area (Å²) in [6, 6.07) is 13.8. The van der Waals surface area contributed by atoms with Crippen molar-refractivity contribution >= 4 is 17.5 Å². The van der Waals surface area contributed by atoms with E-state index in [1.165, 1.54) is 16.5 Å². The first-order valence-corrected chi connectivity index (χ1v) is 8.42. The molecule has 1 N–H and O–H groups in total. The first-order valence-electron chi connectivity index (χ1n) is 8.42. The highest BCUT2D eigenvalue weighted by atomic mass is 16.2. The van der Waals surface area contributed by atoms with E-state index in [9.17, 15) is 9.59 Å². The zero-order valence-corrected chi connectivity index (χ0v) is 14.8. The Morgan fingerprint density at radius 3 is 2.24 bits per heavy atom. The number of aryl methyl sites for hydroxylation is 2. The molecule has 0 radical (unpaired) electrons. The molecular weight excluding hydrogens is 312 g/mol. The van der Waals surface area contributed by atoms with Crippen molar-refractivity contribution in [2.45, 2.75) is 27.2 Å². The van der Waals surface area contributed by atoms with Crippen molar-refractivity contribution < 1.29 is 9.59 Å². The normalized spacial score (nSPS) is 14.0. The summed E-state index contributed by atoms with van der Waals surface area (Å²) in [5.41, 5.74) is 5.81. The number of carbonyl (C=O) groups excluding carboxylic acids is 2. The van der Waals surface area contributed by atoms with Crippen LogP contribution in [0.3, 0.4) is 0 Å². The number of benzene rings is 2. The summed E-state index contributed by atoms with van der Waals surface area (Å²) in [4.78, 5) is 26.0. The zero-order chi connectivity index (χ0) is 18.0. The molecule has 1 heterocycles. The van der Waals surface area contributed by atoms with Crippen LogP contribution < -0.4 is 5.32 Å². The second kappa shape index (κ2) is 6.93. The van der Waals surface area contributed by atoms with E-state index in [1.807, 2.05) is 56.3 Å². The van der Waals surface area contributed by atoms with Crippen LogP contribution >= 0.6 is 0 Å². The SMILES string of the molecule is Cc1cc(NC2=CC(=O)N(CCc3ccccc3)C2=O)cc(C)c1C. The molecule has 3 rings (SSSR count). The fourth-order valence-electron chi connectivity index (χ4n) is 2.96. The van der Waals surface area contributed by atoms with Gasteiger partial charge in [-0.2, -0.15) is 0 Å². The first kappa shape index (κ1) is 17.0. The molecule has 4 heteroatoms. The van der Waals surface area contributed by atoms with E-state index in [0.717, 1.165) is 22.4 Å². The van der Waals surface area contributed by atoms with Crippen molar-refractivity contribution in [1.29, 1.82) is 0 Å². The summed E-state index contributed by atoms with van der Waals surface area (Å²) in [6.07, 6.45) is 2.04. The molecule has 128 valence electrons. The molecule has 0 aliphatic carbocycles. The van der Waals surface area contributed by atoms with Crippen LogP contribution in [-0.4, -0.2) is 23.3 Å². The number of carbonyl (C=O) groups is 2. The molecule has 0 fully saturated rings. The van der Waals surface area contributed by atoms with Crippen LogP contribution in [-0.2, 0) is 16.0 Å². The van der Waals surface area contributed by atoms with Crippen molar-refractivity contribution in [3.8, 4) is 0 Å². The predicted octanol–water partition coefficient (Wildman–Crippen LogP) is 3.52. The van der Waals surface area contributed by atoms with Crippen molar-refractivity contribution in [3.05, 3.63) is 76.5 Å². The molecule has 4 nitrogen and oxygen atoms in total. The van der Waals surface area contributed by atoms with Gasteiger partial charge in [0.2, 0.25) is 0 Å². The Morgan fingerprint density at radius 2 is 1.60 bits per heavy atom. The van der Waals surface area contributed by atoms with Gasteiger partial charge in [0, 0.05) is 18.3 Å². The van der Waals surface area contributed by atoms with E-state index >= 15 is 0 Å². The molecule has 0 saturated heterocycles. The smallest absolute Gasteiger partial charge is 0.277 e. The van der Waals surface area contributed by atoms with E-state index in [4.69, 9.17) is 0 Å². The molecule has 2 amide bonds. The van der Waals surface area contributed by atoms with Gasteiger partial charge in [0.25, 0.3) is 11.8 Å². The van der Waals surface area contributed by atoms with Gasteiger partial charge >= 0.3 is 0 Å². The van der Waals surface area contributed by atoms with Gasteiger partial charge in [0.1, 0.15) is 5.70 Å². The van der Waals surface area contributed by atoms with Gasteiger partial charge in [-0.05, 0) is 61.6 Å². The summed E-state index contributed by atoms with van der Waals surface area (Å²) >= 11 is 0. The third-order valence-corrected chi connectivity index (χ3v) is 4.68. The van der Waals surface area contributed by atoms with Gasteiger partial charge in [-0.25, -0.2) is 0 Å². The topological polar surface area (TPSA) is 49.4 Å². The Morgan fingerprint density at radius 1 is 0.960 bits per heavy atom. The number of rotatable bonds is 5. The van der Waals surface area contributed by atoms with Crippen LogP contribution in [0, 0.1) is 20.8 Å². The molecule has 0 atom stereocenters. The predicted molar refractivity (Wildman–Crippen MR) is 99.2 cm³/mol. The van der Waals surface area contributed by atoms with Gasteiger partial charge in [-0.3, -0.25) is 14.5 Å². The van der Waals surface area contributed by atoms with Crippen molar-refractivity contribution in [2.24, 2.45) is 0 Å². The fraction of sp³-hybridized carbons (Fsp3) is 0.238. The Kier molecular flexibility index (Phi) is 4.70. The molecule has 2 aromatic rings. The molecule has 0 saturated carbocycles. The van der Waals surface area contributed by atoms with E-state index in [-0.39, 0.29) is 11.8 Å². The highest BCUT2D eigenvalue weighted by Gasteiger charge is 2.30. The molecule has 0 bridgehead atoms. The standard InChI is InChI=1S/C21H22N2O2/c1-14-11-18(12-15(2)16(14)3)22-19-13-20(24)23(21(19)25)10-9-17-7-5-4-6-8-17/h4-8,11-13,22H,9-10H2,1-3H3. The minimum Gasteiger partial charge on any atom is -0.351 e. The first-order chi connectivity index (χ1) is 12.0. The summed E-state index contributed by atoms with van der Waals surface area (Å²) < 4.78 is 0. The summed E-state index contributed by atoms with van der Waals surface area (Å²) in [7, 11) is 0. The highest BCUT2D eigenvalue weighted by Crippen LogP contribution is 2.22. The largest absolute Gasteiger partial charge is 0.351 e. The Balaban J connectivity index is 1.69. The van der Waals surface area contributed by atoms with Crippen LogP contribution in [0.5, 0.6) is 0 Å². The van der Waals surface area contributed by atoms with Crippen LogP contribution in [0.25, 0.3) is 0 Å². The number of imide groups is 1. The summed E-state index contributed by atoms with van der Waals surface area (Å²) in [6.45, 7) is 6.53. The molecule has 2 aromatic carbocycles. The van der Waals surface area contributed by atoms with E-state index < -0.39 is 0 Å². The van der Waals surface area contributed by atoms with Crippen LogP contribution in [0.15, 0.2) is 54.2 Å². The maximum atomic E-state index is 12.6. The quantitative estimate of drug-likeness (QED) is 0.851. The van der Waals surface area contributed by atoms with E-state index in [0.29, 0.717) is 18.7 Å². The van der Waals surface area contributed by atoms with Gasteiger partial charge in [-0.15, -0.1) is 0 Å². The molecule has 1 aliphatic rings. The third kappa shape index (κ3) is 3.63. The number of anilines is 1. The molecule has 1 aliphatic heterocycles. The molecule has 0 aromatic heterocycles. The van der Waals surface area contributed by atoms with Gasteiger partial charge in [-0.1, -0.05) is 30.3 Å². The number of hydrogen-bond donors (Lipinski definition) is 1. The lowest BCUT2D eigenvalue weighted by Crippen LogP contribution is -2.33. The average molecular weight is 334 g/mol. The molecule has 0 unspecified atom stereocenters. The van der Waals surface area contributed by atoms with Crippen molar-refractivity contribution in [3.63, 3.8) is 0 Å². The van der Waals surface area contributed by atoms with E-state index in [2.05, 4.69) is 12.2 Å². The number of hydrogen-bond acceptors (Lipinski definition) is 3. The highest BCUT2D eigenvalue weighted by molar-refractivity contribution is 6.17. The number of nitrogens with one attached hydrogen (secondary N) is 1. The monoisotopic (exact) mass is 334 g/mol. The molecular formula is C21H22N2O2. The minimum absolute atomic E-state index is 0.260. The Labute approximate surface area is 148 Å². The lowest BCUT2D eigenvalue weighted by molar-refractivity contribution is -0.137. The molecule has 25 heavy (non-hydrogen) atoms.